The average Bonchev–Trinajstić information content (AvgIpc) is 2.27. The number of hydrogen-bond donors (Lipinski definition) is 1. The minimum Gasteiger partial charge on any atom is -0.465 e. The Morgan fingerprint density at radius 2 is 0.933 bits per heavy atom. The number of nitrogens with zero attached hydrogens (tertiary/aromatic N) is 7. The molecule has 6 fully saturated rings. The van der Waals surface area contributed by atoms with Crippen LogP contribution in [0.15, 0.2) is 119 Å². The Labute approximate surface area is 532 Å². The molecule has 6 atom stereocenters. The maximum atomic E-state index is 14.5. The lowest BCUT2D eigenvalue weighted by molar-refractivity contribution is -0.142. The van der Waals surface area contributed by atoms with Crippen molar-refractivity contribution in [3.63, 3.8) is 0 Å². The molecule has 89 heavy (non-hydrogen) atoms. The molecule has 2 aromatic heterocycles. The number of esters is 2. The number of anilines is 1. The van der Waals surface area contributed by atoms with Crippen molar-refractivity contribution in [1.82, 2.24) is 34.2 Å². The Balaban J connectivity index is 0.000000165. The molecule has 16 nitrogen and oxygen atoms in total. The van der Waals surface area contributed by atoms with Gasteiger partial charge in [-0.25, -0.2) is 9.97 Å². The fourth-order valence-corrected chi connectivity index (χ4v) is 15.7. The Morgan fingerprint density at radius 3 is 1.43 bits per heavy atom. The number of rotatable bonds is 21. The van der Waals surface area contributed by atoms with E-state index in [-0.39, 0.29) is 60.0 Å². The molecule has 4 saturated heterocycles. The van der Waals surface area contributed by atoms with Crippen molar-refractivity contribution in [3.8, 4) is 0 Å². The van der Waals surface area contributed by atoms with Crippen LogP contribution in [-0.4, -0.2) is 130 Å². The highest BCUT2D eigenvalue weighted by molar-refractivity contribution is 6.29. The molecule has 4 aliphatic heterocycles. The smallest absolute Gasteiger partial charge is 0.325 e. The lowest BCUT2D eigenvalue weighted by Gasteiger charge is -2.45. The third-order valence-corrected chi connectivity index (χ3v) is 19.7. The van der Waals surface area contributed by atoms with E-state index in [9.17, 15) is 19.2 Å². The van der Waals surface area contributed by atoms with Gasteiger partial charge in [-0.3, -0.25) is 29.0 Å². The number of halogens is 1. The van der Waals surface area contributed by atoms with Crippen LogP contribution in [0.2, 0.25) is 5.15 Å². The molecule has 6 heterocycles. The summed E-state index contributed by atoms with van der Waals surface area (Å²) in [6.07, 6.45) is 28.2. The summed E-state index contributed by atoms with van der Waals surface area (Å²) >= 11 is 6.23. The predicted molar refractivity (Wildman–Crippen MR) is 354 cm³/mol. The minimum atomic E-state index is -0.373. The number of para-hydroxylation sites is 4. The van der Waals surface area contributed by atoms with Crippen LogP contribution in [0.4, 0.5) is 5.82 Å². The molecule has 4 aromatic carbocycles. The largest absolute Gasteiger partial charge is 0.465 e. The Bertz CT molecular complexity index is 3250. The van der Waals surface area contributed by atoms with E-state index in [1.54, 1.807) is 18.7 Å². The van der Waals surface area contributed by atoms with E-state index < -0.39 is 0 Å². The lowest BCUT2D eigenvalue weighted by atomic mass is 9.89. The zero-order chi connectivity index (χ0) is 61.7. The zero-order valence-electron chi connectivity index (χ0n) is 52.9. The van der Waals surface area contributed by atoms with Crippen molar-refractivity contribution < 1.29 is 28.5 Å². The van der Waals surface area contributed by atoms with Crippen LogP contribution in [0, 0.1) is 0 Å². The highest BCUT2D eigenvalue weighted by Gasteiger charge is 2.46. The number of piperidine rings is 2. The number of carbonyl (C=O) groups is 2. The second-order valence-corrected chi connectivity index (χ2v) is 25.7. The lowest BCUT2D eigenvalue weighted by Crippen LogP contribution is -2.50. The molecule has 12 rings (SSSR count). The second kappa shape index (κ2) is 33.9. The van der Waals surface area contributed by atoms with Crippen LogP contribution >= 0.6 is 11.6 Å². The van der Waals surface area contributed by atoms with Gasteiger partial charge in [0.05, 0.1) is 68.3 Å². The van der Waals surface area contributed by atoms with Gasteiger partial charge >= 0.3 is 11.9 Å². The Hall–Kier alpha value is -6.01. The molecule has 17 heteroatoms. The molecule has 2 aliphatic carbocycles. The van der Waals surface area contributed by atoms with E-state index in [0.717, 1.165) is 64.9 Å². The van der Waals surface area contributed by atoms with Crippen LogP contribution in [0.5, 0.6) is 0 Å². The van der Waals surface area contributed by atoms with Crippen LogP contribution in [0.1, 0.15) is 178 Å². The molecule has 4 bridgehead atoms. The molecule has 6 aromatic rings. The summed E-state index contributed by atoms with van der Waals surface area (Å²) in [6, 6.07) is 39.9. The Morgan fingerprint density at radius 1 is 0.506 bits per heavy atom. The fourth-order valence-electron chi connectivity index (χ4n) is 15.5. The van der Waals surface area contributed by atoms with Crippen LogP contribution in [-0.2, 0) is 41.8 Å². The van der Waals surface area contributed by atoms with E-state index in [1.807, 2.05) is 118 Å². The summed E-state index contributed by atoms with van der Waals surface area (Å²) < 4.78 is 25.5. The summed E-state index contributed by atoms with van der Waals surface area (Å²) in [6.45, 7) is 7.49. The predicted octanol–water partition coefficient (Wildman–Crippen LogP) is 13.0. The summed E-state index contributed by atoms with van der Waals surface area (Å²) in [7, 11) is 0. The molecule has 0 spiro atoms. The van der Waals surface area contributed by atoms with Crippen LogP contribution in [0.25, 0.3) is 22.1 Å². The standard InChI is InChI=1S/C36H48N4O4.C23H30ClN3O.C13H19NO3/c1-2-44-34(41)25-38(21-22-43-26-27-13-7-6-8-14-27)35-36(42)40(33-18-12-11-17-32(33)37-35)31-23-29-19-20-30(24-31)39(29)28-15-9-4-3-5-10-16-28;24-22-23(28)27(21-11-7-6-10-20(21)25-22)19-14-17-12-13-18(15-19)26(17)16-8-4-2-1-3-5-9-16;1-2-17-13(15)10-14-8-9-16-11-12-6-4-3-5-7-12/h6-8,11-14,17-18,28-31H,2-5,9-10,15-16,19-26H2,1H3;6-7,10-11,16-19H,1-5,8-9,12-15H2;3-7,14H,2,8-11H2,1H3/t29-,30+,31?;17-,18+,19?;. The topological polar surface area (TPSA) is 163 Å². The summed E-state index contributed by atoms with van der Waals surface area (Å²) in [5.74, 6) is -0.299. The molecule has 2 unspecified atom stereocenters. The number of fused-ring (bicyclic) bond motifs is 6. The zero-order valence-corrected chi connectivity index (χ0v) is 53.7. The number of ether oxygens (including phenoxy) is 4. The van der Waals surface area contributed by atoms with E-state index in [2.05, 4.69) is 20.1 Å². The highest BCUT2D eigenvalue weighted by Crippen LogP contribution is 2.46. The maximum Gasteiger partial charge on any atom is 0.325 e. The number of benzene rings is 4. The summed E-state index contributed by atoms with van der Waals surface area (Å²) in [4.78, 5) is 67.8. The van der Waals surface area contributed by atoms with Gasteiger partial charge in [-0.1, -0.05) is 161 Å². The molecule has 0 amide bonds. The van der Waals surface area contributed by atoms with Crippen molar-refractivity contribution >= 4 is 51.4 Å². The third-order valence-electron chi connectivity index (χ3n) is 19.4. The molecular weight excluding hydrogens is 1140 g/mol. The molecule has 480 valence electrons. The van der Waals surface area contributed by atoms with Crippen molar-refractivity contribution in [1.29, 1.82) is 0 Å². The number of carbonyl (C=O) groups excluding carboxylic acids is 2. The number of aromatic nitrogens is 4. The van der Waals surface area contributed by atoms with Gasteiger partial charge in [0.1, 0.15) is 6.54 Å². The van der Waals surface area contributed by atoms with Gasteiger partial charge in [0.25, 0.3) is 11.1 Å². The first-order valence-corrected chi connectivity index (χ1v) is 34.3. The van der Waals surface area contributed by atoms with E-state index in [0.29, 0.717) is 82.2 Å². The van der Waals surface area contributed by atoms with Gasteiger partial charge in [-0.05, 0) is 126 Å². The van der Waals surface area contributed by atoms with Crippen molar-refractivity contribution in [2.24, 2.45) is 0 Å². The van der Waals surface area contributed by atoms with Crippen molar-refractivity contribution in [2.45, 2.75) is 217 Å². The van der Waals surface area contributed by atoms with Crippen LogP contribution < -0.4 is 21.3 Å². The quantitative estimate of drug-likeness (QED) is 0.0535. The fraction of sp³-hybridized carbons (Fsp3) is 0.583. The number of nitrogens with one attached hydrogen (secondary N) is 1. The maximum absolute atomic E-state index is 14.5. The molecule has 6 aliphatic rings. The van der Waals surface area contributed by atoms with Gasteiger partial charge in [-0.15, -0.1) is 0 Å². The van der Waals surface area contributed by atoms with Gasteiger partial charge in [-0.2, -0.15) is 0 Å². The van der Waals surface area contributed by atoms with E-state index >= 15 is 0 Å². The first-order chi connectivity index (χ1) is 43.7. The SMILES string of the molecule is CCOC(=O)CN(CCOCc1ccccc1)c1nc2ccccc2n(C2C[C@H]3CC[C@@H](C2)N3C2CCCCCCC2)c1=O.CCOC(=O)CNCCOCc1ccccc1.O=c1c(Cl)nc2ccccc2n1C1C[C@H]2CC[C@@H](C1)N2C1CCCCCCC1. The summed E-state index contributed by atoms with van der Waals surface area (Å²) in [5, 5.41) is 3.06. The van der Waals surface area contributed by atoms with Crippen molar-refractivity contribution in [3.05, 3.63) is 146 Å². The first-order valence-electron chi connectivity index (χ1n) is 33.9. The van der Waals surface area contributed by atoms with Gasteiger partial charge in [0.2, 0.25) is 0 Å². The Kier molecular flexibility index (Phi) is 25.1. The van der Waals surface area contributed by atoms with Crippen LogP contribution in [0.3, 0.4) is 0 Å². The van der Waals surface area contributed by atoms with Gasteiger partial charge in [0.15, 0.2) is 11.0 Å². The normalized spacial score (nSPS) is 22.6. The third kappa shape index (κ3) is 17.7. The highest BCUT2D eigenvalue weighted by atomic mass is 35.5. The average molecular weight is 1240 g/mol. The molecule has 1 N–H and O–H groups in total. The van der Waals surface area contributed by atoms with E-state index in [1.165, 1.54) is 116 Å². The second-order valence-electron chi connectivity index (χ2n) is 25.4. The van der Waals surface area contributed by atoms with Gasteiger partial charge < -0.3 is 38.3 Å². The van der Waals surface area contributed by atoms with E-state index in [4.69, 9.17) is 35.5 Å². The monoisotopic (exact) mass is 1240 g/mol. The van der Waals surface area contributed by atoms with Gasteiger partial charge in [0, 0.05) is 61.4 Å². The molecular formula is C72H97ClN8O8. The minimum absolute atomic E-state index is 0.0471. The number of hydrogen-bond acceptors (Lipinski definition) is 14. The van der Waals surface area contributed by atoms with Crippen molar-refractivity contribution in [2.75, 3.05) is 57.5 Å². The summed E-state index contributed by atoms with van der Waals surface area (Å²) in [5.41, 5.74) is 5.39. The molecule has 2 saturated carbocycles. The first kappa shape index (κ1) is 65.9. The molecule has 0 radical (unpaired) electrons.